The number of nitrogens with zero attached hydrogens (tertiary/aromatic N) is 2. The van der Waals surface area contributed by atoms with Gasteiger partial charge in [-0.2, -0.15) is 4.98 Å². The van der Waals surface area contributed by atoms with Crippen molar-refractivity contribution < 1.29 is 22.5 Å². The molecule has 124 valence electrons. The molecule has 0 fully saturated rings. The van der Waals surface area contributed by atoms with Gasteiger partial charge in [0, 0.05) is 19.1 Å². The van der Waals surface area contributed by atoms with E-state index in [0.717, 1.165) is 6.26 Å². The molecular formula is C13H16N4O5S. The van der Waals surface area contributed by atoms with Crippen LogP contribution in [0.1, 0.15) is 11.7 Å². The van der Waals surface area contributed by atoms with Crippen LogP contribution in [0.2, 0.25) is 0 Å². The molecule has 1 aromatic carbocycles. The van der Waals surface area contributed by atoms with Gasteiger partial charge in [0.25, 0.3) is 0 Å². The van der Waals surface area contributed by atoms with Gasteiger partial charge in [-0.05, 0) is 24.3 Å². The standard InChI is InChI=1S/C13H16N4O5S/c1-21-8-11-16-12(22-17-11)7-14-13(18)15-9-3-5-10(6-4-9)23(2,19)20/h3-6H,7-8H2,1-2H3,(H2,14,15,18). The highest BCUT2D eigenvalue weighted by Gasteiger charge is 2.09. The fraction of sp³-hybridized carbons (Fsp3) is 0.308. The summed E-state index contributed by atoms with van der Waals surface area (Å²) in [4.78, 5) is 15.9. The van der Waals surface area contributed by atoms with Crippen molar-refractivity contribution in [2.75, 3.05) is 18.7 Å². The molecule has 0 aliphatic carbocycles. The van der Waals surface area contributed by atoms with E-state index in [0.29, 0.717) is 11.5 Å². The highest BCUT2D eigenvalue weighted by atomic mass is 32.2. The minimum absolute atomic E-state index is 0.0595. The van der Waals surface area contributed by atoms with Gasteiger partial charge in [-0.3, -0.25) is 0 Å². The molecule has 0 bridgehead atoms. The number of benzene rings is 1. The summed E-state index contributed by atoms with van der Waals surface area (Å²) in [5.74, 6) is 0.640. The van der Waals surface area contributed by atoms with Crippen LogP contribution in [0.3, 0.4) is 0 Å². The summed E-state index contributed by atoms with van der Waals surface area (Å²) in [7, 11) is -1.75. The van der Waals surface area contributed by atoms with Crippen LogP contribution in [0.5, 0.6) is 0 Å². The molecule has 2 aromatic rings. The van der Waals surface area contributed by atoms with Crippen LogP contribution in [0.25, 0.3) is 0 Å². The predicted octanol–water partition coefficient (Wildman–Crippen LogP) is 0.941. The lowest BCUT2D eigenvalue weighted by molar-refractivity contribution is 0.174. The molecule has 1 heterocycles. The van der Waals surface area contributed by atoms with Crippen molar-refractivity contribution in [3.05, 3.63) is 36.0 Å². The highest BCUT2D eigenvalue weighted by molar-refractivity contribution is 7.90. The second kappa shape index (κ2) is 7.20. The Morgan fingerprint density at radius 2 is 2.00 bits per heavy atom. The summed E-state index contributed by atoms with van der Waals surface area (Å²) in [5.41, 5.74) is 0.459. The van der Waals surface area contributed by atoms with Crippen LogP contribution in [0.4, 0.5) is 10.5 Å². The van der Waals surface area contributed by atoms with E-state index in [1.807, 2.05) is 0 Å². The zero-order valence-corrected chi connectivity index (χ0v) is 13.4. The second-order valence-electron chi connectivity index (χ2n) is 4.64. The van der Waals surface area contributed by atoms with E-state index < -0.39 is 15.9 Å². The molecule has 0 aliphatic heterocycles. The van der Waals surface area contributed by atoms with Crippen LogP contribution in [0.15, 0.2) is 33.7 Å². The number of anilines is 1. The molecule has 2 N–H and O–H groups in total. The molecule has 9 nitrogen and oxygen atoms in total. The summed E-state index contributed by atoms with van der Waals surface area (Å²) < 4.78 is 32.5. The lowest BCUT2D eigenvalue weighted by Crippen LogP contribution is -2.28. The average molecular weight is 340 g/mol. The Morgan fingerprint density at radius 3 is 2.61 bits per heavy atom. The first-order valence-corrected chi connectivity index (χ1v) is 8.43. The fourth-order valence-corrected chi connectivity index (χ4v) is 2.30. The Kier molecular flexibility index (Phi) is 5.29. The van der Waals surface area contributed by atoms with Crippen molar-refractivity contribution >= 4 is 21.6 Å². The number of ether oxygens (including phenoxy) is 1. The van der Waals surface area contributed by atoms with Gasteiger partial charge in [0.15, 0.2) is 15.7 Å². The number of amides is 2. The maximum Gasteiger partial charge on any atom is 0.319 e. The first-order chi connectivity index (χ1) is 10.9. The molecule has 2 amide bonds. The van der Waals surface area contributed by atoms with Crippen molar-refractivity contribution in [3.63, 3.8) is 0 Å². The Hall–Kier alpha value is -2.46. The molecule has 23 heavy (non-hydrogen) atoms. The van der Waals surface area contributed by atoms with Gasteiger partial charge in [-0.1, -0.05) is 5.16 Å². The third-order valence-corrected chi connectivity index (χ3v) is 3.85. The van der Waals surface area contributed by atoms with Crippen LogP contribution in [0, 0.1) is 0 Å². The summed E-state index contributed by atoms with van der Waals surface area (Å²) >= 11 is 0. The van der Waals surface area contributed by atoms with Crippen LogP contribution < -0.4 is 10.6 Å². The van der Waals surface area contributed by atoms with E-state index in [1.165, 1.54) is 31.4 Å². The summed E-state index contributed by atoms with van der Waals surface area (Å²) in [6, 6.07) is 5.35. The summed E-state index contributed by atoms with van der Waals surface area (Å²) in [6.45, 7) is 0.284. The predicted molar refractivity (Wildman–Crippen MR) is 80.4 cm³/mol. The number of rotatable bonds is 6. The smallest absolute Gasteiger partial charge is 0.319 e. The van der Waals surface area contributed by atoms with E-state index >= 15 is 0 Å². The number of nitrogens with one attached hydrogen (secondary N) is 2. The van der Waals surface area contributed by atoms with E-state index in [9.17, 15) is 13.2 Å². The number of urea groups is 1. The fourth-order valence-electron chi connectivity index (χ4n) is 1.67. The van der Waals surface area contributed by atoms with Gasteiger partial charge in [-0.25, -0.2) is 13.2 Å². The zero-order chi connectivity index (χ0) is 16.9. The van der Waals surface area contributed by atoms with E-state index in [4.69, 9.17) is 9.26 Å². The first kappa shape index (κ1) is 16.9. The maximum absolute atomic E-state index is 11.7. The van der Waals surface area contributed by atoms with Crippen molar-refractivity contribution in [2.24, 2.45) is 0 Å². The average Bonchev–Trinajstić information content (AvgIpc) is 2.93. The van der Waals surface area contributed by atoms with Crippen molar-refractivity contribution in [2.45, 2.75) is 18.0 Å². The van der Waals surface area contributed by atoms with Gasteiger partial charge in [0.1, 0.15) is 6.61 Å². The monoisotopic (exact) mass is 340 g/mol. The number of hydrogen-bond donors (Lipinski definition) is 2. The van der Waals surface area contributed by atoms with Gasteiger partial charge < -0.3 is 19.9 Å². The Morgan fingerprint density at radius 1 is 1.30 bits per heavy atom. The van der Waals surface area contributed by atoms with Crippen LogP contribution in [-0.4, -0.2) is 38.0 Å². The third kappa shape index (κ3) is 5.04. The molecule has 0 spiro atoms. The number of hydrogen-bond acceptors (Lipinski definition) is 7. The number of aromatic nitrogens is 2. The maximum atomic E-state index is 11.7. The number of methoxy groups -OCH3 is 1. The Balaban J connectivity index is 1.86. The van der Waals surface area contributed by atoms with Gasteiger partial charge in [0.2, 0.25) is 5.89 Å². The molecule has 0 unspecified atom stereocenters. The number of carbonyl (C=O) groups excluding carboxylic acids is 1. The van der Waals surface area contributed by atoms with Gasteiger partial charge in [-0.15, -0.1) is 0 Å². The van der Waals surface area contributed by atoms with Crippen LogP contribution >= 0.6 is 0 Å². The van der Waals surface area contributed by atoms with Gasteiger partial charge in [0.05, 0.1) is 11.4 Å². The van der Waals surface area contributed by atoms with E-state index in [-0.39, 0.29) is 23.9 Å². The molecule has 0 aliphatic rings. The SMILES string of the molecule is COCc1noc(CNC(=O)Nc2ccc(S(C)(=O)=O)cc2)n1. The molecule has 0 saturated heterocycles. The first-order valence-electron chi connectivity index (χ1n) is 6.54. The molecule has 0 atom stereocenters. The Labute approximate surface area is 132 Å². The number of sulfone groups is 1. The van der Waals surface area contributed by atoms with Crippen molar-refractivity contribution in [1.82, 2.24) is 15.5 Å². The molecule has 0 radical (unpaired) electrons. The molecular weight excluding hydrogens is 324 g/mol. The molecule has 1 aromatic heterocycles. The lowest BCUT2D eigenvalue weighted by Gasteiger charge is -2.06. The summed E-state index contributed by atoms with van der Waals surface area (Å²) in [5, 5.41) is 8.77. The van der Waals surface area contributed by atoms with Crippen LogP contribution in [-0.2, 0) is 27.7 Å². The Bertz CT molecular complexity index is 770. The van der Waals surface area contributed by atoms with Gasteiger partial charge >= 0.3 is 6.03 Å². The molecule has 0 saturated carbocycles. The zero-order valence-electron chi connectivity index (χ0n) is 12.6. The summed E-state index contributed by atoms with van der Waals surface area (Å²) in [6.07, 6.45) is 1.12. The second-order valence-corrected chi connectivity index (χ2v) is 6.66. The minimum Gasteiger partial charge on any atom is -0.377 e. The highest BCUT2D eigenvalue weighted by Crippen LogP contribution is 2.13. The topological polar surface area (TPSA) is 123 Å². The van der Waals surface area contributed by atoms with Crippen molar-refractivity contribution in [1.29, 1.82) is 0 Å². The number of carbonyl (C=O) groups is 1. The minimum atomic E-state index is -3.26. The largest absolute Gasteiger partial charge is 0.377 e. The molecule has 2 rings (SSSR count). The van der Waals surface area contributed by atoms with E-state index in [1.54, 1.807) is 0 Å². The third-order valence-electron chi connectivity index (χ3n) is 2.72. The van der Waals surface area contributed by atoms with Crippen molar-refractivity contribution in [3.8, 4) is 0 Å². The normalized spacial score (nSPS) is 11.2. The quantitative estimate of drug-likeness (QED) is 0.802. The molecule has 10 heteroatoms. The lowest BCUT2D eigenvalue weighted by atomic mass is 10.3. The van der Waals surface area contributed by atoms with E-state index in [2.05, 4.69) is 20.8 Å².